The molecule has 0 radical (unpaired) electrons. The molecule has 1 heterocycles. The van der Waals surface area contributed by atoms with E-state index >= 15 is 0 Å². The van der Waals surface area contributed by atoms with Crippen LogP contribution in [0.3, 0.4) is 0 Å². The zero-order valence-electron chi connectivity index (χ0n) is 12.4. The van der Waals surface area contributed by atoms with Gasteiger partial charge in [-0.3, -0.25) is 4.99 Å². The van der Waals surface area contributed by atoms with Crippen molar-refractivity contribution in [3.05, 3.63) is 0 Å². The van der Waals surface area contributed by atoms with E-state index < -0.39 is 0 Å². The van der Waals surface area contributed by atoms with Gasteiger partial charge in [0, 0.05) is 31.6 Å². The number of guanidine groups is 1. The van der Waals surface area contributed by atoms with E-state index in [0.717, 1.165) is 56.9 Å². The zero-order valence-corrected chi connectivity index (χ0v) is 13.2. The Kier molecular flexibility index (Phi) is 9.99. The van der Waals surface area contributed by atoms with Crippen molar-refractivity contribution in [1.82, 2.24) is 10.6 Å². The fourth-order valence-electron chi connectivity index (χ4n) is 2.00. The van der Waals surface area contributed by atoms with Crippen molar-refractivity contribution in [3.8, 4) is 0 Å². The highest BCUT2D eigenvalue weighted by molar-refractivity contribution is 8.00. The molecule has 0 aliphatic carbocycles. The third-order valence-corrected chi connectivity index (χ3v) is 4.41. The molecular formula is C14H29N3OS. The normalized spacial score (nSPS) is 19.7. The highest BCUT2D eigenvalue weighted by atomic mass is 32.2. The van der Waals surface area contributed by atoms with Crippen molar-refractivity contribution in [2.24, 2.45) is 4.99 Å². The molecule has 1 aliphatic heterocycles. The van der Waals surface area contributed by atoms with Crippen LogP contribution in [0.25, 0.3) is 0 Å². The number of rotatable bonds is 9. The molecule has 5 heteroatoms. The van der Waals surface area contributed by atoms with Crippen LogP contribution in [0.15, 0.2) is 4.99 Å². The van der Waals surface area contributed by atoms with Gasteiger partial charge in [-0.1, -0.05) is 0 Å². The van der Waals surface area contributed by atoms with Crippen molar-refractivity contribution in [1.29, 1.82) is 0 Å². The summed E-state index contributed by atoms with van der Waals surface area (Å²) in [6.07, 6.45) is 4.91. The number of hydrogen-bond donors (Lipinski definition) is 2. The summed E-state index contributed by atoms with van der Waals surface area (Å²) >= 11 is 2.06. The lowest BCUT2D eigenvalue weighted by Gasteiger charge is -2.12. The number of nitrogens with zero attached hydrogens (tertiary/aromatic N) is 1. The predicted octanol–water partition coefficient (Wildman–Crippen LogP) is 2.25. The molecule has 1 rings (SSSR count). The van der Waals surface area contributed by atoms with Crippen molar-refractivity contribution in [2.45, 2.75) is 44.8 Å². The highest BCUT2D eigenvalue weighted by Crippen LogP contribution is 2.25. The highest BCUT2D eigenvalue weighted by Gasteiger charge is 2.14. The standard InChI is InChI=1S/C14H29N3OS/c1-3-15-14(16-9-5-6-10-18-4-2)17-12-13-8-7-11-19-13/h13H,3-12H2,1-2H3,(H2,15,16,17). The first kappa shape index (κ1) is 16.6. The van der Waals surface area contributed by atoms with Gasteiger partial charge in [-0.05, 0) is 45.3 Å². The number of hydrogen-bond acceptors (Lipinski definition) is 3. The second-order valence-corrected chi connectivity index (χ2v) is 6.09. The summed E-state index contributed by atoms with van der Waals surface area (Å²) in [6.45, 7) is 8.66. The number of aliphatic imine (C=N–C) groups is 1. The summed E-state index contributed by atoms with van der Waals surface area (Å²) in [5.74, 6) is 2.27. The van der Waals surface area contributed by atoms with Crippen LogP contribution in [0.2, 0.25) is 0 Å². The molecule has 4 nitrogen and oxygen atoms in total. The van der Waals surface area contributed by atoms with E-state index in [2.05, 4.69) is 34.3 Å². The number of nitrogens with one attached hydrogen (secondary N) is 2. The van der Waals surface area contributed by atoms with E-state index in [9.17, 15) is 0 Å². The number of unbranched alkanes of at least 4 members (excludes halogenated alkanes) is 1. The molecule has 0 spiro atoms. The van der Waals surface area contributed by atoms with Gasteiger partial charge in [0.15, 0.2) is 5.96 Å². The van der Waals surface area contributed by atoms with Gasteiger partial charge in [-0.15, -0.1) is 0 Å². The van der Waals surface area contributed by atoms with Gasteiger partial charge in [0.05, 0.1) is 6.54 Å². The number of ether oxygens (including phenoxy) is 1. The first-order chi connectivity index (χ1) is 9.36. The smallest absolute Gasteiger partial charge is 0.191 e. The molecule has 1 atom stereocenters. The molecule has 19 heavy (non-hydrogen) atoms. The van der Waals surface area contributed by atoms with Crippen LogP contribution < -0.4 is 10.6 Å². The monoisotopic (exact) mass is 287 g/mol. The number of thioether (sulfide) groups is 1. The third-order valence-electron chi connectivity index (χ3n) is 3.03. The molecule has 1 unspecified atom stereocenters. The summed E-state index contributed by atoms with van der Waals surface area (Å²) in [6, 6.07) is 0. The maximum atomic E-state index is 5.33. The second kappa shape index (κ2) is 11.4. The van der Waals surface area contributed by atoms with Gasteiger partial charge in [0.2, 0.25) is 0 Å². The Balaban J connectivity index is 2.13. The first-order valence-corrected chi connectivity index (χ1v) is 8.63. The largest absolute Gasteiger partial charge is 0.382 e. The van der Waals surface area contributed by atoms with E-state index in [4.69, 9.17) is 4.74 Å². The minimum Gasteiger partial charge on any atom is -0.382 e. The van der Waals surface area contributed by atoms with Crippen LogP contribution in [-0.4, -0.2) is 49.8 Å². The van der Waals surface area contributed by atoms with Crippen LogP contribution in [0.1, 0.15) is 39.5 Å². The fraction of sp³-hybridized carbons (Fsp3) is 0.929. The maximum Gasteiger partial charge on any atom is 0.191 e. The van der Waals surface area contributed by atoms with Crippen LogP contribution in [0.4, 0.5) is 0 Å². The Morgan fingerprint density at radius 1 is 1.32 bits per heavy atom. The molecule has 0 aromatic rings. The fourth-order valence-corrected chi connectivity index (χ4v) is 3.18. The Bertz CT molecular complexity index is 243. The molecule has 0 bridgehead atoms. The van der Waals surface area contributed by atoms with Crippen molar-refractivity contribution < 1.29 is 4.74 Å². The molecule has 1 fully saturated rings. The molecule has 2 N–H and O–H groups in total. The molecule has 1 saturated heterocycles. The van der Waals surface area contributed by atoms with Crippen molar-refractivity contribution in [2.75, 3.05) is 38.6 Å². The Hall–Kier alpha value is -0.420. The minimum atomic E-state index is 0.730. The summed E-state index contributed by atoms with van der Waals surface area (Å²) in [5, 5.41) is 7.43. The Morgan fingerprint density at radius 3 is 2.89 bits per heavy atom. The van der Waals surface area contributed by atoms with E-state index in [1.165, 1.54) is 18.6 Å². The summed E-state index contributed by atoms with van der Waals surface area (Å²) in [7, 11) is 0. The van der Waals surface area contributed by atoms with Crippen molar-refractivity contribution >= 4 is 17.7 Å². The van der Waals surface area contributed by atoms with Gasteiger partial charge in [0.1, 0.15) is 0 Å². The molecular weight excluding hydrogens is 258 g/mol. The Morgan fingerprint density at radius 2 is 2.21 bits per heavy atom. The van der Waals surface area contributed by atoms with Crippen LogP contribution in [0, 0.1) is 0 Å². The van der Waals surface area contributed by atoms with E-state index in [0.29, 0.717) is 0 Å². The van der Waals surface area contributed by atoms with Crippen LogP contribution in [-0.2, 0) is 4.74 Å². The van der Waals surface area contributed by atoms with Crippen LogP contribution in [0.5, 0.6) is 0 Å². The lowest BCUT2D eigenvalue weighted by atomic mass is 10.2. The zero-order chi connectivity index (χ0) is 13.8. The molecule has 0 aromatic carbocycles. The average molecular weight is 287 g/mol. The molecule has 112 valence electrons. The van der Waals surface area contributed by atoms with Crippen molar-refractivity contribution in [3.63, 3.8) is 0 Å². The molecule has 0 aromatic heterocycles. The summed E-state index contributed by atoms with van der Waals surface area (Å²) in [4.78, 5) is 4.67. The minimum absolute atomic E-state index is 0.730. The molecule has 1 aliphatic rings. The van der Waals surface area contributed by atoms with Gasteiger partial charge >= 0.3 is 0 Å². The quantitative estimate of drug-likeness (QED) is 0.388. The van der Waals surface area contributed by atoms with Gasteiger partial charge in [-0.25, -0.2) is 0 Å². The SMILES string of the molecule is CCNC(=NCC1CCCS1)NCCCCOCC. The summed E-state index contributed by atoms with van der Waals surface area (Å²) < 4.78 is 5.33. The van der Waals surface area contributed by atoms with E-state index in [1.807, 2.05) is 6.92 Å². The topological polar surface area (TPSA) is 45.7 Å². The second-order valence-electron chi connectivity index (χ2n) is 4.69. The lowest BCUT2D eigenvalue weighted by molar-refractivity contribution is 0.143. The van der Waals surface area contributed by atoms with E-state index in [-0.39, 0.29) is 0 Å². The average Bonchev–Trinajstić information content (AvgIpc) is 2.93. The Labute approximate surface area is 122 Å². The maximum absolute atomic E-state index is 5.33. The lowest BCUT2D eigenvalue weighted by Crippen LogP contribution is -2.38. The first-order valence-electron chi connectivity index (χ1n) is 7.58. The van der Waals surface area contributed by atoms with Gasteiger partial charge in [0.25, 0.3) is 0 Å². The molecule has 0 saturated carbocycles. The van der Waals surface area contributed by atoms with Gasteiger partial charge in [-0.2, -0.15) is 11.8 Å². The predicted molar refractivity (Wildman–Crippen MR) is 85.2 cm³/mol. The molecule has 0 amide bonds. The summed E-state index contributed by atoms with van der Waals surface area (Å²) in [5.41, 5.74) is 0. The third kappa shape index (κ3) is 8.37. The van der Waals surface area contributed by atoms with Gasteiger partial charge < -0.3 is 15.4 Å². The van der Waals surface area contributed by atoms with E-state index in [1.54, 1.807) is 0 Å². The van der Waals surface area contributed by atoms with Crippen LogP contribution >= 0.6 is 11.8 Å².